The van der Waals surface area contributed by atoms with Crippen molar-refractivity contribution in [2.75, 3.05) is 13.2 Å². The molecule has 2 amide bonds. The quantitative estimate of drug-likeness (QED) is 0.0977. The maximum absolute atomic E-state index is 12.2. The van der Waals surface area contributed by atoms with Gasteiger partial charge in [-0.15, -0.1) is 0 Å². The van der Waals surface area contributed by atoms with Crippen molar-refractivity contribution >= 4 is 82.2 Å². The maximum atomic E-state index is 12.2. The van der Waals surface area contributed by atoms with E-state index in [-0.39, 0.29) is 24.0 Å². The molecule has 0 radical (unpaired) electrons. The van der Waals surface area contributed by atoms with E-state index in [4.69, 9.17) is 76.3 Å². The van der Waals surface area contributed by atoms with Gasteiger partial charge in [-0.25, -0.2) is 10.9 Å². The van der Waals surface area contributed by atoms with Gasteiger partial charge in [-0.3, -0.25) is 9.59 Å². The lowest BCUT2D eigenvalue weighted by molar-refractivity contribution is -0.123. The molecule has 15 heteroatoms. The molecule has 3 aromatic carbocycles. The zero-order chi connectivity index (χ0) is 33.3. The lowest BCUT2D eigenvalue weighted by atomic mass is 10.2. The number of benzene rings is 3. The molecule has 0 unspecified atom stereocenters. The van der Waals surface area contributed by atoms with Crippen LogP contribution in [0.3, 0.4) is 0 Å². The van der Waals surface area contributed by atoms with E-state index in [0.717, 1.165) is 0 Å². The average Bonchev–Trinajstić information content (AvgIpc) is 3.70. The summed E-state index contributed by atoms with van der Waals surface area (Å²) in [4.78, 5) is 24.4. The zero-order valence-electron chi connectivity index (χ0n) is 23.8. The lowest BCUT2D eigenvalue weighted by Gasteiger charge is -2.09. The fourth-order valence-electron chi connectivity index (χ4n) is 3.89. The van der Waals surface area contributed by atoms with Gasteiger partial charge >= 0.3 is 0 Å². The van der Waals surface area contributed by atoms with Crippen LogP contribution in [0.2, 0.25) is 25.1 Å². The van der Waals surface area contributed by atoms with Crippen LogP contribution in [0.1, 0.15) is 11.5 Å². The number of ether oxygens (including phenoxy) is 2. The summed E-state index contributed by atoms with van der Waals surface area (Å²) < 4.78 is 22.3. The molecule has 0 fully saturated rings. The monoisotopic (exact) mass is 732 g/mol. The van der Waals surface area contributed by atoms with E-state index in [2.05, 4.69) is 21.1 Å². The van der Waals surface area contributed by atoms with Crippen LogP contribution >= 0.6 is 58.0 Å². The molecule has 0 aliphatic heterocycles. The van der Waals surface area contributed by atoms with Gasteiger partial charge in [0, 0.05) is 27.2 Å². The molecule has 0 aliphatic carbocycles. The minimum absolute atomic E-state index is 0.163. The Morgan fingerprint density at radius 2 is 1.13 bits per heavy atom. The number of hydrogen-bond acceptors (Lipinski definition) is 8. The molecule has 0 bridgehead atoms. The number of rotatable bonds is 12. The first-order valence-electron chi connectivity index (χ1n) is 13.4. The first-order valence-corrected chi connectivity index (χ1v) is 15.3. The van der Waals surface area contributed by atoms with E-state index >= 15 is 0 Å². The van der Waals surface area contributed by atoms with Gasteiger partial charge < -0.3 is 18.3 Å². The molecular weight excluding hydrogens is 714 g/mol. The third kappa shape index (κ3) is 9.54. The standard InChI is InChI=1S/C32H21Cl5N4O6/c33-18-1-6-23(25(35)11-18)28-8-4-21(46-28)14-38-40-31(42)16-44-20-3-10-30(27(37)13-20)45-17-32(43)41-39-15-22-5-9-29(47-22)24-7-2-19(34)12-26(24)36/h1-15H,16-17H2,(H,40,42)(H,41,43)/b38-14+,39-15+. The van der Waals surface area contributed by atoms with E-state index in [1.165, 1.54) is 30.6 Å². The average molecular weight is 735 g/mol. The number of hydrogen-bond donors (Lipinski definition) is 2. The number of nitrogens with zero attached hydrogens (tertiary/aromatic N) is 2. The molecular formula is C32H21Cl5N4O6. The van der Waals surface area contributed by atoms with Gasteiger partial charge in [-0.05, 0) is 72.8 Å². The topological polar surface area (TPSA) is 128 Å². The van der Waals surface area contributed by atoms with Crippen LogP contribution in [0.4, 0.5) is 0 Å². The number of amides is 2. The third-order valence-electron chi connectivity index (χ3n) is 6.04. The predicted molar refractivity (Wildman–Crippen MR) is 182 cm³/mol. The van der Waals surface area contributed by atoms with E-state index in [0.29, 0.717) is 60.0 Å². The molecule has 0 spiro atoms. The van der Waals surface area contributed by atoms with Crippen molar-refractivity contribution in [3.05, 3.63) is 115 Å². The number of hydrazone groups is 2. The SMILES string of the molecule is O=C(COc1ccc(OCC(=O)N/N=C/c2ccc(-c3ccc(Cl)cc3Cl)o2)c(Cl)c1)N/N=C/c1ccc(-c2ccc(Cl)cc2Cl)o1. The fraction of sp³-hybridized carbons (Fsp3) is 0.0625. The van der Waals surface area contributed by atoms with E-state index < -0.39 is 11.8 Å². The highest BCUT2D eigenvalue weighted by Gasteiger charge is 2.11. The summed E-state index contributed by atoms with van der Waals surface area (Å²) in [6.07, 6.45) is 2.67. The van der Waals surface area contributed by atoms with Crippen LogP contribution in [0.5, 0.6) is 11.5 Å². The maximum Gasteiger partial charge on any atom is 0.277 e. The van der Waals surface area contributed by atoms with Crippen molar-refractivity contribution in [3.8, 4) is 34.1 Å². The predicted octanol–water partition coefficient (Wildman–Crippen LogP) is 8.53. The second kappa shape index (κ2) is 15.9. The van der Waals surface area contributed by atoms with Gasteiger partial charge in [0.1, 0.15) is 34.5 Å². The lowest BCUT2D eigenvalue weighted by Crippen LogP contribution is -2.25. The van der Waals surface area contributed by atoms with Gasteiger partial charge in [-0.1, -0.05) is 58.0 Å². The molecule has 2 aromatic heterocycles. The van der Waals surface area contributed by atoms with Crippen molar-refractivity contribution in [3.63, 3.8) is 0 Å². The van der Waals surface area contributed by atoms with E-state index in [9.17, 15) is 9.59 Å². The smallest absolute Gasteiger partial charge is 0.277 e. The zero-order valence-corrected chi connectivity index (χ0v) is 27.6. The molecule has 0 saturated heterocycles. The highest BCUT2D eigenvalue weighted by Crippen LogP contribution is 2.33. The summed E-state index contributed by atoms with van der Waals surface area (Å²) in [6, 6.07) is 21.3. The molecule has 5 rings (SSSR count). The number of carbonyl (C=O) groups excluding carboxylic acids is 2. The minimum atomic E-state index is -0.540. The Morgan fingerprint density at radius 3 is 1.62 bits per heavy atom. The summed E-state index contributed by atoms with van der Waals surface area (Å²) >= 11 is 30.6. The Morgan fingerprint density at radius 1 is 0.617 bits per heavy atom. The first kappa shape index (κ1) is 33.9. The van der Waals surface area contributed by atoms with Crippen LogP contribution < -0.4 is 20.3 Å². The van der Waals surface area contributed by atoms with E-state index in [1.807, 2.05) is 0 Å². The minimum Gasteiger partial charge on any atom is -0.484 e. The Hall–Kier alpha value is -4.45. The fourth-order valence-corrected chi connectivity index (χ4v) is 5.12. The second-order valence-corrected chi connectivity index (χ2v) is 11.5. The van der Waals surface area contributed by atoms with Crippen LogP contribution in [0, 0.1) is 0 Å². The van der Waals surface area contributed by atoms with Crippen LogP contribution in [0.15, 0.2) is 97.9 Å². The second-order valence-electron chi connectivity index (χ2n) is 9.41. The van der Waals surface area contributed by atoms with Crippen LogP contribution in [-0.2, 0) is 9.59 Å². The van der Waals surface area contributed by atoms with Crippen molar-refractivity contribution < 1.29 is 27.9 Å². The Kier molecular flexibility index (Phi) is 11.5. The molecule has 0 saturated carbocycles. The van der Waals surface area contributed by atoms with Crippen molar-refractivity contribution in [2.45, 2.75) is 0 Å². The van der Waals surface area contributed by atoms with Gasteiger partial charge in [0.05, 0.1) is 27.5 Å². The Labute approximate surface area is 292 Å². The third-order valence-corrected chi connectivity index (χ3v) is 7.43. The number of carbonyl (C=O) groups is 2. The molecule has 0 aliphatic rings. The summed E-state index contributed by atoms with van der Waals surface area (Å²) in [6.45, 7) is -0.715. The highest BCUT2D eigenvalue weighted by atomic mass is 35.5. The molecule has 2 heterocycles. The largest absolute Gasteiger partial charge is 0.484 e. The normalized spacial score (nSPS) is 11.3. The van der Waals surface area contributed by atoms with Gasteiger partial charge in [-0.2, -0.15) is 10.2 Å². The summed E-state index contributed by atoms with van der Waals surface area (Å²) in [5.74, 6) is 1.26. The van der Waals surface area contributed by atoms with Gasteiger partial charge in [0.2, 0.25) is 0 Å². The van der Waals surface area contributed by atoms with E-state index in [1.54, 1.807) is 60.7 Å². The first-order chi connectivity index (χ1) is 22.6. The Balaban J connectivity index is 1.03. The molecule has 240 valence electrons. The number of halogens is 5. The van der Waals surface area contributed by atoms with Crippen LogP contribution in [-0.4, -0.2) is 37.5 Å². The molecule has 47 heavy (non-hydrogen) atoms. The van der Waals surface area contributed by atoms with Crippen molar-refractivity contribution in [2.24, 2.45) is 10.2 Å². The number of furan rings is 2. The summed E-state index contributed by atoms with van der Waals surface area (Å²) in [5.41, 5.74) is 6.01. The Bertz CT molecular complexity index is 1970. The molecule has 2 N–H and O–H groups in total. The molecule has 5 aromatic rings. The number of nitrogens with one attached hydrogen (secondary N) is 2. The highest BCUT2D eigenvalue weighted by molar-refractivity contribution is 6.37. The van der Waals surface area contributed by atoms with Gasteiger partial charge in [0.25, 0.3) is 11.8 Å². The van der Waals surface area contributed by atoms with Crippen molar-refractivity contribution in [1.82, 2.24) is 10.9 Å². The summed E-state index contributed by atoms with van der Waals surface area (Å²) in [5, 5.41) is 9.79. The summed E-state index contributed by atoms with van der Waals surface area (Å²) in [7, 11) is 0. The van der Waals surface area contributed by atoms with Crippen LogP contribution in [0.25, 0.3) is 22.6 Å². The van der Waals surface area contributed by atoms with Crippen molar-refractivity contribution in [1.29, 1.82) is 0 Å². The molecule has 0 atom stereocenters. The molecule has 10 nitrogen and oxygen atoms in total. The van der Waals surface area contributed by atoms with Gasteiger partial charge in [0.15, 0.2) is 13.2 Å².